The maximum atomic E-state index is 13.7. The number of ether oxygens (including phenoxy) is 2. The molecule has 0 spiro atoms. The summed E-state index contributed by atoms with van der Waals surface area (Å²) in [7, 11) is 1.93. The molecule has 33 heavy (non-hydrogen) atoms. The number of rotatable bonds is 9. The lowest BCUT2D eigenvalue weighted by atomic mass is 10.2. The average molecular weight is 601 g/mol. The summed E-state index contributed by atoms with van der Waals surface area (Å²) in [6.45, 7) is 5.49. The molecule has 2 atom stereocenters. The fourth-order valence-corrected chi connectivity index (χ4v) is 5.78. The Balaban J connectivity index is 1.66. The van der Waals surface area contributed by atoms with Gasteiger partial charge in [-0.25, -0.2) is 14.2 Å². The molecule has 4 rings (SSSR count). The van der Waals surface area contributed by atoms with Gasteiger partial charge in [-0.3, -0.25) is 8.87 Å². The van der Waals surface area contributed by atoms with Gasteiger partial charge in [0.1, 0.15) is 34.9 Å². The molecule has 1 aliphatic heterocycles. The van der Waals surface area contributed by atoms with Crippen molar-refractivity contribution in [3.8, 4) is 22.9 Å². The third kappa shape index (κ3) is 5.43. The Kier molecular flexibility index (Phi) is 8.07. The maximum absolute atomic E-state index is 13.7. The molecule has 3 aromatic rings. The number of aromatic nitrogens is 5. The van der Waals surface area contributed by atoms with E-state index in [9.17, 15) is 4.21 Å². The number of halogens is 1. The van der Waals surface area contributed by atoms with E-state index >= 15 is 0 Å². The van der Waals surface area contributed by atoms with E-state index in [2.05, 4.69) is 41.4 Å². The topological polar surface area (TPSA) is 95.3 Å². The molecule has 0 bridgehead atoms. The molecule has 1 aliphatic rings. The summed E-state index contributed by atoms with van der Waals surface area (Å²) in [6, 6.07) is 5.63. The van der Waals surface area contributed by atoms with Crippen LogP contribution in [0.2, 0.25) is 0 Å². The van der Waals surface area contributed by atoms with Crippen molar-refractivity contribution in [2.45, 2.75) is 32.1 Å². The molecule has 2 aromatic heterocycles. The van der Waals surface area contributed by atoms with Crippen LogP contribution in [0.4, 0.5) is 5.95 Å². The predicted octanol–water partition coefficient (Wildman–Crippen LogP) is 3.63. The minimum absolute atomic E-state index is 0.200. The van der Waals surface area contributed by atoms with Crippen molar-refractivity contribution in [3.05, 3.63) is 42.0 Å². The Morgan fingerprint density at radius 3 is 2.85 bits per heavy atom. The van der Waals surface area contributed by atoms with E-state index in [1.165, 1.54) is 0 Å². The first-order valence-corrected chi connectivity index (χ1v) is 15.1. The largest absolute Gasteiger partial charge is 0.497 e. The standard InChI is InChI=1S/C21H25IN6O3S2/c1-14-12-23-19(24-13-14)10-15(2)33(29)28(7-9-32-22)21-26-25-20-17-11-16(30-3)4-5-18(17)31-8-6-27(20)21/h4-5,11-13,15H,6-10H2,1-3H3. The van der Waals surface area contributed by atoms with Crippen LogP contribution in [0.15, 0.2) is 30.6 Å². The zero-order chi connectivity index (χ0) is 23.4. The molecule has 0 fully saturated rings. The Morgan fingerprint density at radius 1 is 1.33 bits per heavy atom. The van der Waals surface area contributed by atoms with Gasteiger partial charge in [-0.05, 0) is 58.8 Å². The van der Waals surface area contributed by atoms with Crippen molar-refractivity contribution in [3.63, 3.8) is 0 Å². The van der Waals surface area contributed by atoms with Gasteiger partial charge in [-0.1, -0.05) is 8.93 Å². The van der Waals surface area contributed by atoms with Gasteiger partial charge >= 0.3 is 0 Å². The molecule has 9 nitrogen and oxygen atoms in total. The lowest BCUT2D eigenvalue weighted by Gasteiger charge is -2.25. The molecule has 0 N–H and O–H groups in total. The number of anilines is 1. The van der Waals surface area contributed by atoms with Gasteiger partial charge in [-0.15, -0.1) is 10.2 Å². The first-order valence-electron chi connectivity index (χ1n) is 10.5. The van der Waals surface area contributed by atoms with Crippen molar-refractivity contribution in [1.82, 2.24) is 24.7 Å². The highest BCUT2D eigenvalue weighted by molar-refractivity contribution is 14.2. The van der Waals surface area contributed by atoms with E-state index in [1.807, 2.05) is 40.9 Å². The van der Waals surface area contributed by atoms with Crippen LogP contribution in [0.1, 0.15) is 18.3 Å². The smallest absolute Gasteiger partial charge is 0.239 e. The highest BCUT2D eigenvalue weighted by atomic mass is 127. The zero-order valence-electron chi connectivity index (χ0n) is 18.6. The van der Waals surface area contributed by atoms with Crippen LogP contribution < -0.4 is 13.8 Å². The molecule has 176 valence electrons. The number of benzene rings is 1. The molecule has 2 unspecified atom stereocenters. The van der Waals surface area contributed by atoms with Gasteiger partial charge in [0, 0.05) is 31.1 Å². The molecule has 0 amide bonds. The second-order valence-electron chi connectivity index (χ2n) is 7.57. The van der Waals surface area contributed by atoms with E-state index in [0.717, 1.165) is 22.6 Å². The van der Waals surface area contributed by atoms with Crippen molar-refractivity contribution in [2.24, 2.45) is 0 Å². The van der Waals surface area contributed by atoms with Crippen LogP contribution in [-0.2, 0) is 24.0 Å². The van der Waals surface area contributed by atoms with Gasteiger partial charge in [0.05, 0.1) is 24.5 Å². The molecule has 0 aliphatic carbocycles. The van der Waals surface area contributed by atoms with E-state index in [0.29, 0.717) is 49.5 Å². The van der Waals surface area contributed by atoms with Crippen molar-refractivity contribution in [2.75, 3.05) is 30.3 Å². The van der Waals surface area contributed by atoms with Crippen LogP contribution >= 0.6 is 30.1 Å². The van der Waals surface area contributed by atoms with Crippen LogP contribution in [0.3, 0.4) is 0 Å². The highest BCUT2D eigenvalue weighted by Crippen LogP contribution is 2.36. The normalized spacial score (nSPS) is 14.4. The predicted molar refractivity (Wildman–Crippen MR) is 139 cm³/mol. The molecular weight excluding hydrogens is 575 g/mol. The number of aryl methyl sites for hydroxylation is 1. The molecular formula is C21H25IN6O3S2. The summed E-state index contributed by atoms with van der Waals surface area (Å²) >= 11 is 2.25. The SMILES string of the molecule is COc1ccc2c(c1)-c1nnc(N(CCSI)S(=O)C(C)Cc3ncc(C)cn3)n1CCO2. The molecule has 12 heteroatoms. The van der Waals surface area contributed by atoms with Gasteiger partial charge in [0.15, 0.2) is 5.82 Å². The first-order chi connectivity index (χ1) is 16.0. The fourth-order valence-electron chi connectivity index (χ4n) is 3.53. The third-order valence-corrected chi connectivity index (χ3v) is 8.49. The van der Waals surface area contributed by atoms with Gasteiger partial charge in [0.2, 0.25) is 5.95 Å². The Morgan fingerprint density at radius 2 is 2.12 bits per heavy atom. The number of methoxy groups -OCH3 is 1. The first kappa shape index (κ1) is 24.2. The number of nitrogens with zero attached hydrogens (tertiary/aromatic N) is 6. The van der Waals surface area contributed by atoms with E-state index < -0.39 is 11.0 Å². The maximum Gasteiger partial charge on any atom is 0.239 e. The minimum Gasteiger partial charge on any atom is -0.497 e. The molecule has 0 radical (unpaired) electrons. The van der Waals surface area contributed by atoms with E-state index in [1.54, 1.807) is 28.4 Å². The molecule has 0 saturated heterocycles. The van der Waals surface area contributed by atoms with E-state index in [-0.39, 0.29) is 5.25 Å². The van der Waals surface area contributed by atoms with Crippen LogP contribution in [0.5, 0.6) is 11.5 Å². The highest BCUT2D eigenvalue weighted by Gasteiger charge is 2.29. The van der Waals surface area contributed by atoms with Crippen LogP contribution in [-0.4, -0.2) is 60.2 Å². The van der Waals surface area contributed by atoms with Gasteiger partial charge < -0.3 is 9.47 Å². The molecule has 0 saturated carbocycles. The lowest BCUT2D eigenvalue weighted by Crippen LogP contribution is -2.37. The molecule has 1 aromatic carbocycles. The van der Waals surface area contributed by atoms with Crippen molar-refractivity contribution >= 4 is 47.1 Å². The summed E-state index contributed by atoms with van der Waals surface area (Å²) in [5, 5.41) is 8.74. The van der Waals surface area contributed by atoms with Crippen LogP contribution in [0.25, 0.3) is 11.4 Å². The Bertz CT molecular complexity index is 1130. The molecule has 3 heterocycles. The number of fused-ring (bicyclic) bond motifs is 3. The third-order valence-electron chi connectivity index (χ3n) is 5.19. The fraction of sp³-hybridized carbons (Fsp3) is 0.429. The van der Waals surface area contributed by atoms with Crippen molar-refractivity contribution < 1.29 is 13.7 Å². The Hall–Kier alpha value is -1.93. The second kappa shape index (κ2) is 11.0. The summed E-state index contributed by atoms with van der Waals surface area (Å²) in [5.41, 5.74) is 1.80. The van der Waals surface area contributed by atoms with Crippen molar-refractivity contribution in [1.29, 1.82) is 0 Å². The van der Waals surface area contributed by atoms with Gasteiger partial charge in [-0.2, -0.15) is 0 Å². The van der Waals surface area contributed by atoms with Gasteiger partial charge in [0.25, 0.3) is 0 Å². The second-order valence-corrected chi connectivity index (χ2v) is 11.9. The summed E-state index contributed by atoms with van der Waals surface area (Å²) < 4.78 is 28.8. The summed E-state index contributed by atoms with van der Waals surface area (Å²) in [6.07, 6.45) is 4.07. The summed E-state index contributed by atoms with van der Waals surface area (Å²) in [4.78, 5) is 8.76. The number of hydrogen-bond donors (Lipinski definition) is 0. The Labute approximate surface area is 211 Å². The lowest BCUT2D eigenvalue weighted by molar-refractivity contribution is 0.306. The monoisotopic (exact) mass is 600 g/mol. The number of hydrogen-bond acceptors (Lipinski definition) is 8. The average Bonchev–Trinajstić information content (AvgIpc) is 3.15. The zero-order valence-corrected chi connectivity index (χ0v) is 22.4. The minimum atomic E-state index is -1.36. The summed E-state index contributed by atoms with van der Waals surface area (Å²) in [5.74, 6) is 4.17. The van der Waals surface area contributed by atoms with E-state index in [4.69, 9.17) is 9.47 Å². The van der Waals surface area contributed by atoms with Crippen LogP contribution in [0, 0.1) is 6.92 Å². The quantitative estimate of drug-likeness (QED) is 0.344.